The van der Waals surface area contributed by atoms with Gasteiger partial charge in [-0.15, -0.1) is 0 Å². The van der Waals surface area contributed by atoms with Crippen LogP contribution in [0.15, 0.2) is 0 Å². The molecule has 0 aromatic carbocycles. The Labute approximate surface area is 229 Å². The summed E-state index contributed by atoms with van der Waals surface area (Å²) in [6, 6.07) is -0.746. The van der Waals surface area contributed by atoms with E-state index in [0.717, 1.165) is 12.8 Å². The third-order valence-electron chi connectivity index (χ3n) is 9.85. The highest BCUT2D eigenvalue weighted by Gasteiger charge is 2.70. The molecule has 2 aliphatic carbocycles. The lowest BCUT2D eigenvalue weighted by Crippen LogP contribution is -2.63. The van der Waals surface area contributed by atoms with Gasteiger partial charge in [0.2, 0.25) is 17.7 Å². The van der Waals surface area contributed by atoms with Crippen molar-refractivity contribution in [3.05, 3.63) is 0 Å². The second-order valence-electron chi connectivity index (χ2n) is 14.2. The van der Waals surface area contributed by atoms with Gasteiger partial charge in [-0.2, -0.15) is 5.26 Å². The van der Waals surface area contributed by atoms with Crippen LogP contribution in [0.3, 0.4) is 0 Å². The van der Waals surface area contributed by atoms with Crippen LogP contribution in [-0.2, 0) is 14.4 Å². The standard InChI is InChI=1S/C28H41FN6O4/c1-26(2,3)21(32-25(39)34-12-15(10-29)13-34)24(38)35-14-18-19(27(18,4)5)20(35)23(37)31-17(11-30)8-16-9-28(6-7-28)33-22(16)36/h15-21H,6-10,12-14H2,1-5H3,(H,31,37)(H,32,39)(H,33,36)/t16-,17+,18+,19+,20+,21-/m1/s1. The molecule has 0 radical (unpaired) electrons. The van der Waals surface area contributed by atoms with E-state index in [4.69, 9.17) is 0 Å². The zero-order valence-electron chi connectivity index (χ0n) is 23.6. The normalized spacial score (nSPS) is 31.5. The zero-order valence-corrected chi connectivity index (χ0v) is 23.6. The van der Waals surface area contributed by atoms with Crippen LogP contribution in [0.2, 0.25) is 0 Å². The van der Waals surface area contributed by atoms with Gasteiger partial charge in [-0.05, 0) is 48.3 Å². The SMILES string of the molecule is CC(C)(C)[C@H](NC(=O)N1CC(CF)C1)C(=O)N1C[C@H]2[C@@H]([C@H]1C(=O)N[C@H](C#N)C[C@@H]1CC3(CC3)NC1=O)C2(C)C. The Morgan fingerprint density at radius 2 is 1.85 bits per heavy atom. The first-order valence-electron chi connectivity index (χ1n) is 14.1. The Morgan fingerprint density at radius 3 is 2.38 bits per heavy atom. The van der Waals surface area contributed by atoms with Gasteiger partial charge in [0.1, 0.15) is 18.1 Å². The minimum Gasteiger partial charge on any atom is -0.350 e. The largest absolute Gasteiger partial charge is 0.350 e. The van der Waals surface area contributed by atoms with Crippen LogP contribution in [0.5, 0.6) is 0 Å². The smallest absolute Gasteiger partial charge is 0.318 e. The number of carbonyl (C=O) groups excluding carboxylic acids is 4. The number of amides is 5. The van der Waals surface area contributed by atoms with Crippen molar-refractivity contribution in [1.29, 1.82) is 5.26 Å². The number of rotatable bonds is 7. The molecule has 0 aromatic rings. The van der Waals surface area contributed by atoms with Crippen molar-refractivity contribution in [2.24, 2.45) is 34.5 Å². The fourth-order valence-corrected chi connectivity index (χ4v) is 7.01. The Morgan fingerprint density at radius 1 is 1.18 bits per heavy atom. The summed E-state index contributed by atoms with van der Waals surface area (Å²) in [6.07, 6.45) is 2.83. The monoisotopic (exact) mass is 544 g/mol. The van der Waals surface area contributed by atoms with E-state index in [0.29, 0.717) is 26.1 Å². The number of nitrogens with zero attached hydrogens (tertiary/aromatic N) is 3. The summed E-state index contributed by atoms with van der Waals surface area (Å²) in [5.41, 5.74) is -0.866. The molecule has 3 saturated heterocycles. The van der Waals surface area contributed by atoms with E-state index < -0.39 is 36.2 Å². The molecule has 0 unspecified atom stereocenters. The van der Waals surface area contributed by atoms with Crippen molar-refractivity contribution in [3.8, 4) is 6.07 Å². The van der Waals surface area contributed by atoms with Crippen molar-refractivity contribution in [3.63, 3.8) is 0 Å². The van der Waals surface area contributed by atoms with E-state index >= 15 is 0 Å². The Bertz CT molecular complexity index is 1100. The maximum absolute atomic E-state index is 14.0. The molecule has 1 spiro atoms. The predicted octanol–water partition coefficient (Wildman–Crippen LogP) is 1.56. The van der Waals surface area contributed by atoms with Crippen LogP contribution in [0.1, 0.15) is 60.3 Å². The van der Waals surface area contributed by atoms with Gasteiger partial charge in [0.05, 0.1) is 12.7 Å². The Kier molecular flexibility index (Phi) is 6.62. The molecule has 5 aliphatic rings. The fraction of sp³-hybridized carbons (Fsp3) is 0.821. The molecule has 3 aliphatic heterocycles. The Balaban J connectivity index is 1.28. The molecular weight excluding hydrogens is 503 g/mol. The average molecular weight is 545 g/mol. The van der Waals surface area contributed by atoms with Gasteiger partial charge in [-0.1, -0.05) is 34.6 Å². The summed E-state index contributed by atoms with van der Waals surface area (Å²) in [7, 11) is 0. The molecule has 0 bridgehead atoms. The van der Waals surface area contributed by atoms with Crippen molar-refractivity contribution in [1.82, 2.24) is 25.8 Å². The van der Waals surface area contributed by atoms with E-state index in [1.807, 2.05) is 20.8 Å². The van der Waals surface area contributed by atoms with Gasteiger partial charge in [-0.25, -0.2) is 4.79 Å². The van der Waals surface area contributed by atoms with Crippen molar-refractivity contribution in [2.75, 3.05) is 26.3 Å². The van der Waals surface area contributed by atoms with E-state index in [9.17, 15) is 28.8 Å². The number of piperidine rings is 1. The van der Waals surface area contributed by atoms with E-state index in [1.54, 1.807) is 4.90 Å². The van der Waals surface area contributed by atoms with E-state index in [2.05, 4.69) is 35.9 Å². The second-order valence-corrected chi connectivity index (χ2v) is 14.2. The topological polar surface area (TPSA) is 135 Å². The number of carbonyl (C=O) groups is 4. The number of urea groups is 1. The molecule has 39 heavy (non-hydrogen) atoms. The lowest BCUT2D eigenvalue weighted by molar-refractivity contribution is -0.144. The highest BCUT2D eigenvalue weighted by atomic mass is 19.1. The lowest BCUT2D eigenvalue weighted by Gasteiger charge is -2.41. The number of hydrogen-bond donors (Lipinski definition) is 3. The van der Waals surface area contributed by atoms with Crippen molar-refractivity contribution < 1.29 is 23.6 Å². The molecule has 0 aromatic heterocycles. The minimum atomic E-state index is -0.881. The maximum atomic E-state index is 14.0. The highest BCUT2D eigenvalue weighted by Crippen LogP contribution is 2.65. The van der Waals surface area contributed by atoms with Gasteiger partial charge < -0.3 is 25.8 Å². The number of nitrogens with one attached hydrogen (secondary N) is 3. The van der Waals surface area contributed by atoms with Gasteiger partial charge in [0.15, 0.2) is 0 Å². The summed E-state index contributed by atoms with van der Waals surface area (Å²) < 4.78 is 12.9. The van der Waals surface area contributed by atoms with Crippen LogP contribution >= 0.6 is 0 Å². The minimum absolute atomic E-state index is 0.0534. The van der Waals surface area contributed by atoms with Crippen LogP contribution in [0.25, 0.3) is 0 Å². The van der Waals surface area contributed by atoms with Gasteiger partial charge in [0.25, 0.3) is 0 Å². The first-order valence-corrected chi connectivity index (χ1v) is 14.1. The predicted molar refractivity (Wildman–Crippen MR) is 139 cm³/mol. The molecule has 10 nitrogen and oxygen atoms in total. The van der Waals surface area contributed by atoms with Gasteiger partial charge >= 0.3 is 6.03 Å². The summed E-state index contributed by atoms with van der Waals surface area (Å²) >= 11 is 0. The molecular formula is C28H41FN6O4. The van der Waals surface area contributed by atoms with Crippen LogP contribution in [0, 0.1) is 45.8 Å². The van der Waals surface area contributed by atoms with E-state index in [-0.39, 0.29) is 58.8 Å². The number of alkyl halides is 1. The molecule has 3 heterocycles. The van der Waals surface area contributed by atoms with Crippen LogP contribution in [0.4, 0.5) is 9.18 Å². The molecule has 11 heteroatoms. The molecule has 5 rings (SSSR count). The molecule has 3 N–H and O–H groups in total. The first kappa shape index (κ1) is 27.7. The molecule has 2 saturated carbocycles. The maximum Gasteiger partial charge on any atom is 0.318 e. The molecule has 5 fully saturated rings. The van der Waals surface area contributed by atoms with Gasteiger partial charge in [-0.3, -0.25) is 18.8 Å². The van der Waals surface area contributed by atoms with Crippen molar-refractivity contribution in [2.45, 2.75) is 84.0 Å². The second kappa shape index (κ2) is 9.34. The zero-order chi connectivity index (χ0) is 28.5. The lowest BCUT2D eigenvalue weighted by atomic mass is 9.85. The van der Waals surface area contributed by atoms with Crippen LogP contribution < -0.4 is 16.0 Å². The number of likely N-dealkylation sites (tertiary alicyclic amines) is 2. The molecule has 5 amide bonds. The summed E-state index contributed by atoms with van der Waals surface area (Å²) in [6.45, 7) is 10.3. The summed E-state index contributed by atoms with van der Waals surface area (Å²) in [5.74, 6) is -1.18. The molecule has 214 valence electrons. The number of nitriles is 1. The first-order chi connectivity index (χ1) is 18.2. The van der Waals surface area contributed by atoms with Crippen molar-refractivity contribution >= 4 is 23.8 Å². The summed E-state index contributed by atoms with van der Waals surface area (Å²) in [4.78, 5) is 56.0. The summed E-state index contributed by atoms with van der Waals surface area (Å²) in [5, 5.41) is 18.6. The Hall–Kier alpha value is -2.90. The van der Waals surface area contributed by atoms with Crippen LogP contribution in [-0.4, -0.2) is 83.5 Å². The highest BCUT2D eigenvalue weighted by molar-refractivity contribution is 5.94. The van der Waals surface area contributed by atoms with E-state index in [1.165, 1.54) is 4.90 Å². The number of halogens is 1. The molecule has 6 atom stereocenters. The number of hydrogen-bond acceptors (Lipinski definition) is 5. The third kappa shape index (κ3) is 4.95. The quantitative estimate of drug-likeness (QED) is 0.447. The fourth-order valence-electron chi connectivity index (χ4n) is 7.01. The average Bonchev–Trinajstić information content (AvgIpc) is 3.54. The van der Waals surface area contributed by atoms with Gasteiger partial charge in [0, 0.05) is 37.0 Å². The number of fused-ring (bicyclic) bond motifs is 1. The third-order valence-corrected chi connectivity index (χ3v) is 9.85.